The molecule has 0 radical (unpaired) electrons. The predicted molar refractivity (Wildman–Crippen MR) is 83.8 cm³/mol. The Morgan fingerprint density at radius 2 is 1.81 bits per heavy atom. The van der Waals surface area contributed by atoms with Gasteiger partial charge >= 0.3 is 0 Å². The van der Waals surface area contributed by atoms with Gasteiger partial charge in [-0.15, -0.1) is 0 Å². The smallest absolute Gasteiger partial charge is 0.178 e. The van der Waals surface area contributed by atoms with Crippen LogP contribution in [0.2, 0.25) is 0 Å². The Labute approximate surface area is 129 Å². The largest absolute Gasteiger partial charge is 0.343 e. The molecule has 0 amide bonds. The Morgan fingerprint density at radius 1 is 1.05 bits per heavy atom. The lowest BCUT2D eigenvalue weighted by Crippen LogP contribution is -2.52. The Balaban J connectivity index is 1.76. The van der Waals surface area contributed by atoms with Crippen LogP contribution in [0.25, 0.3) is 0 Å². The number of fused-ring (bicyclic) bond motifs is 3. The zero-order chi connectivity index (χ0) is 15.0. The zero-order valence-electron chi connectivity index (χ0n) is 14.2. The fourth-order valence-electron chi connectivity index (χ4n) is 6.84. The van der Waals surface area contributed by atoms with Crippen molar-refractivity contribution in [3.63, 3.8) is 0 Å². The first-order valence-electron chi connectivity index (χ1n) is 8.80. The number of allylic oxidation sites excluding steroid dienone is 1. The van der Waals surface area contributed by atoms with E-state index >= 15 is 0 Å². The number of ether oxygens (including phenoxy) is 2. The van der Waals surface area contributed by atoms with Crippen molar-refractivity contribution in [2.24, 2.45) is 28.6 Å². The average Bonchev–Trinajstić information content (AvgIpc) is 2.95. The second-order valence-electron chi connectivity index (χ2n) is 8.87. The summed E-state index contributed by atoms with van der Waals surface area (Å²) in [7, 11) is 0. The summed E-state index contributed by atoms with van der Waals surface area (Å²) in [5.74, 6) is 2.34. The van der Waals surface area contributed by atoms with Crippen LogP contribution in [0.5, 0.6) is 0 Å². The minimum absolute atomic E-state index is 0.0943. The fourth-order valence-corrected chi connectivity index (χ4v) is 6.84. The van der Waals surface area contributed by atoms with Gasteiger partial charge in [0.2, 0.25) is 0 Å². The van der Waals surface area contributed by atoms with E-state index in [1.807, 2.05) is 13.0 Å². The quantitative estimate of drug-likeness (QED) is 0.660. The predicted octanol–water partition coefficient (Wildman–Crippen LogP) is 4.55. The average molecular weight is 290 g/mol. The molecule has 4 fully saturated rings. The van der Waals surface area contributed by atoms with E-state index in [1.54, 1.807) is 0 Å². The highest BCUT2D eigenvalue weighted by Crippen LogP contribution is 2.74. The Hall–Kier alpha value is -0.340. The van der Waals surface area contributed by atoms with Crippen molar-refractivity contribution in [1.82, 2.24) is 0 Å². The van der Waals surface area contributed by atoms with E-state index in [4.69, 9.17) is 9.47 Å². The standard InChI is InChI=1S/C19H30O2/c1-6-7-16-20-15-11-19-10-14(18(15,5)21-16)17(3,4)13(19)9-8-12(19)2/h6-7,12-16H,8-11H2,1-5H3. The summed E-state index contributed by atoms with van der Waals surface area (Å²) in [6.07, 6.45) is 9.64. The molecule has 4 rings (SSSR count). The zero-order valence-corrected chi connectivity index (χ0v) is 14.2. The lowest BCUT2D eigenvalue weighted by atomic mass is 9.63. The van der Waals surface area contributed by atoms with Crippen LogP contribution in [-0.4, -0.2) is 18.0 Å². The summed E-state index contributed by atoms with van der Waals surface area (Å²) in [6, 6.07) is 0. The molecule has 2 heteroatoms. The molecule has 1 saturated heterocycles. The monoisotopic (exact) mass is 290 g/mol. The third-order valence-electron chi connectivity index (χ3n) is 7.86. The highest BCUT2D eigenvalue weighted by molar-refractivity contribution is 5.21. The molecule has 2 nitrogen and oxygen atoms in total. The van der Waals surface area contributed by atoms with Crippen LogP contribution in [-0.2, 0) is 9.47 Å². The van der Waals surface area contributed by atoms with E-state index in [9.17, 15) is 0 Å². The molecule has 1 aliphatic heterocycles. The van der Waals surface area contributed by atoms with Gasteiger partial charge in [0.05, 0.1) is 11.7 Å². The summed E-state index contributed by atoms with van der Waals surface area (Å²) >= 11 is 0. The van der Waals surface area contributed by atoms with Gasteiger partial charge in [0.15, 0.2) is 6.29 Å². The van der Waals surface area contributed by atoms with E-state index < -0.39 is 0 Å². The topological polar surface area (TPSA) is 18.5 Å². The maximum atomic E-state index is 6.45. The summed E-state index contributed by atoms with van der Waals surface area (Å²) in [5.41, 5.74) is 0.804. The molecule has 4 aliphatic rings. The van der Waals surface area contributed by atoms with Crippen molar-refractivity contribution >= 4 is 0 Å². The van der Waals surface area contributed by atoms with Crippen LogP contribution in [0.3, 0.4) is 0 Å². The molecule has 0 aromatic heterocycles. The fraction of sp³-hybridized carbons (Fsp3) is 0.895. The van der Waals surface area contributed by atoms with Gasteiger partial charge in [0, 0.05) is 0 Å². The summed E-state index contributed by atoms with van der Waals surface area (Å²) in [4.78, 5) is 0. The molecular formula is C19H30O2. The number of hydrogen-bond donors (Lipinski definition) is 0. The molecule has 21 heavy (non-hydrogen) atoms. The van der Waals surface area contributed by atoms with Crippen LogP contribution in [0, 0.1) is 28.6 Å². The minimum Gasteiger partial charge on any atom is -0.343 e. The van der Waals surface area contributed by atoms with Gasteiger partial charge in [-0.25, -0.2) is 0 Å². The van der Waals surface area contributed by atoms with Crippen LogP contribution < -0.4 is 0 Å². The van der Waals surface area contributed by atoms with Crippen LogP contribution in [0.15, 0.2) is 12.2 Å². The molecule has 0 aromatic carbocycles. The van der Waals surface area contributed by atoms with Crippen LogP contribution >= 0.6 is 0 Å². The molecule has 7 atom stereocenters. The lowest BCUT2D eigenvalue weighted by molar-refractivity contribution is -0.104. The third-order valence-corrected chi connectivity index (χ3v) is 7.86. The van der Waals surface area contributed by atoms with Gasteiger partial charge in [-0.1, -0.05) is 26.8 Å². The normalized spacial score (nSPS) is 57.7. The maximum absolute atomic E-state index is 6.45. The van der Waals surface area contributed by atoms with E-state index in [1.165, 1.54) is 25.7 Å². The molecular weight excluding hydrogens is 260 g/mol. The van der Waals surface area contributed by atoms with Crippen molar-refractivity contribution in [2.75, 3.05) is 0 Å². The van der Waals surface area contributed by atoms with Crippen molar-refractivity contribution < 1.29 is 9.47 Å². The Kier molecular flexibility index (Phi) is 2.81. The van der Waals surface area contributed by atoms with E-state index in [2.05, 4.69) is 33.8 Å². The van der Waals surface area contributed by atoms with Gasteiger partial charge in [-0.05, 0) is 74.2 Å². The second-order valence-corrected chi connectivity index (χ2v) is 8.87. The van der Waals surface area contributed by atoms with E-state index in [0.29, 0.717) is 16.7 Å². The van der Waals surface area contributed by atoms with Crippen molar-refractivity contribution in [3.05, 3.63) is 12.2 Å². The first-order chi connectivity index (χ1) is 9.84. The first kappa shape index (κ1) is 14.3. The molecule has 0 N–H and O–H groups in total. The summed E-state index contributed by atoms with van der Waals surface area (Å²) in [5, 5.41) is 0. The minimum atomic E-state index is -0.133. The van der Waals surface area contributed by atoms with Gasteiger partial charge < -0.3 is 9.47 Å². The van der Waals surface area contributed by atoms with Crippen molar-refractivity contribution in [3.8, 4) is 0 Å². The Morgan fingerprint density at radius 3 is 2.52 bits per heavy atom. The SMILES string of the molecule is CC=CC1OC2CC34CC(C(C)(C)C3CCC4C)C2(C)O1. The summed E-state index contributed by atoms with van der Waals surface area (Å²) < 4.78 is 12.8. The highest BCUT2D eigenvalue weighted by Gasteiger charge is 2.72. The Bertz CT molecular complexity index is 482. The molecule has 2 bridgehead atoms. The van der Waals surface area contributed by atoms with Gasteiger partial charge in [0.25, 0.3) is 0 Å². The first-order valence-corrected chi connectivity index (χ1v) is 8.80. The van der Waals surface area contributed by atoms with Gasteiger partial charge in [-0.2, -0.15) is 0 Å². The van der Waals surface area contributed by atoms with E-state index in [-0.39, 0.29) is 18.0 Å². The van der Waals surface area contributed by atoms with Gasteiger partial charge in [0.1, 0.15) is 0 Å². The highest BCUT2D eigenvalue weighted by atomic mass is 16.7. The lowest BCUT2D eigenvalue weighted by Gasteiger charge is -2.47. The van der Waals surface area contributed by atoms with Crippen LogP contribution in [0.4, 0.5) is 0 Å². The van der Waals surface area contributed by atoms with Crippen molar-refractivity contribution in [2.45, 2.75) is 78.3 Å². The third kappa shape index (κ3) is 1.56. The molecule has 3 saturated carbocycles. The number of hydrogen-bond acceptors (Lipinski definition) is 2. The molecule has 0 aromatic rings. The van der Waals surface area contributed by atoms with Crippen LogP contribution in [0.1, 0.15) is 60.3 Å². The maximum Gasteiger partial charge on any atom is 0.178 e. The summed E-state index contributed by atoms with van der Waals surface area (Å²) in [6.45, 7) is 11.9. The van der Waals surface area contributed by atoms with E-state index in [0.717, 1.165) is 11.8 Å². The molecule has 7 unspecified atom stereocenters. The van der Waals surface area contributed by atoms with Gasteiger partial charge in [-0.3, -0.25) is 0 Å². The second kappa shape index (κ2) is 4.14. The molecule has 1 spiro atoms. The van der Waals surface area contributed by atoms with Crippen molar-refractivity contribution in [1.29, 1.82) is 0 Å². The molecule has 3 aliphatic carbocycles. The number of rotatable bonds is 1. The molecule has 1 heterocycles. The molecule has 118 valence electrons.